The van der Waals surface area contributed by atoms with Crippen LogP contribution < -0.4 is 10.0 Å². The number of halogens is 4. The van der Waals surface area contributed by atoms with Crippen LogP contribution in [0.2, 0.25) is 5.02 Å². The fourth-order valence-electron chi connectivity index (χ4n) is 2.16. The first-order valence-electron chi connectivity index (χ1n) is 7.70. The Labute approximate surface area is 159 Å². The van der Waals surface area contributed by atoms with Crippen molar-refractivity contribution in [1.82, 2.24) is 4.72 Å². The van der Waals surface area contributed by atoms with Crippen molar-refractivity contribution in [3.8, 4) is 0 Å². The number of rotatable bonds is 5. The highest BCUT2D eigenvalue weighted by Crippen LogP contribution is 2.30. The number of carbonyl (C=O) groups excluding carboxylic acids is 1. The van der Waals surface area contributed by atoms with Gasteiger partial charge in [-0.05, 0) is 56.3 Å². The highest BCUT2D eigenvalue weighted by Gasteiger charge is 2.30. The molecule has 0 heterocycles. The van der Waals surface area contributed by atoms with E-state index in [0.29, 0.717) is 0 Å². The van der Waals surface area contributed by atoms with Gasteiger partial charge >= 0.3 is 6.18 Å². The van der Waals surface area contributed by atoms with Crippen molar-refractivity contribution < 1.29 is 26.4 Å². The van der Waals surface area contributed by atoms with Gasteiger partial charge in [-0.1, -0.05) is 11.6 Å². The van der Waals surface area contributed by atoms with Gasteiger partial charge in [0.1, 0.15) is 0 Å². The summed E-state index contributed by atoms with van der Waals surface area (Å²) in [7, 11) is -3.84. The summed E-state index contributed by atoms with van der Waals surface area (Å²) >= 11 is 5.97. The molecule has 146 valence electrons. The fourth-order valence-corrected chi connectivity index (χ4v) is 3.65. The van der Waals surface area contributed by atoms with E-state index >= 15 is 0 Å². The van der Waals surface area contributed by atoms with Crippen LogP contribution in [0.1, 0.15) is 29.8 Å². The van der Waals surface area contributed by atoms with Gasteiger partial charge in [-0.2, -0.15) is 13.2 Å². The van der Waals surface area contributed by atoms with Gasteiger partial charge in [-0.25, -0.2) is 13.1 Å². The minimum atomic E-state index is -4.49. The molecule has 0 aromatic heterocycles. The van der Waals surface area contributed by atoms with Crippen LogP contribution in [0.3, 0.4) is 0 Å². The number of nitrogens with one attached hydrogen (secondary N) is 2. The molecule has 0 radical (unpaired) electrons. The summed E-state index contributed by atoms with van der Waals surface area (Å²) in [6.07, 6.45) is -4.49. The first-order chi connectivity index (χ1) is 12.4. The maximum atomic E-state index is 12.6. The third-order valence-electron chi connectivity index (χ3n) is 3.35. The topological polar surface area (TPSA) is 75.3 Å². The number of alkyl halides is 3. The Kier molecular flexibility index (Phi) is 6.18. The zero-order valence-electron chi connectivity index (χ0n) is 14.3. The molecule has 0 spiro atoms. The lowest BCUT2D eigenvalue weighted by molar-refractivity contribution is -0.137. The van der Waals surface area contributed by atoms with Gasteiger partial charge < -0.3 is 5.32 Å². The minimum Gasteiger partial charge on any atom is -0.322 e. The largest absolute Gasteiger partial charge is 0.416 e. The van der Waals surface area contributed by atoms with Crippen LogP contribution in [0.15, 0.2) is 47.4 Å². The van der Waals surface area contributed by atoms with E-state index in [9.17, 15) is 26.4 Å². The first kappa shape index (κ1) is 21.2. The van der Waals surface area contributed by atoms with Crippen molar-refractivity contribution >= 4 is 33.2 Å². The van der Waals surface area contributed by atoms with E-state index in [4.69, 9.17) is 11.6 Å². The maximum Gasteiger partial charge on any atom is 0.416 e. The predicted octanol–water partition coefficient (Wildman–Crippen LogP) is 4.30. The Balaban J connectivity index is 2.27. The van der Waals surface area contributed by atoms with Crippen LogP contribution in [0.4, 0.5) is 18.9 Å². The quantitative estimate of drug-likeness (QED) is 0.757. The van der Waals surface area contributed by atoms with E-state index in [2.05, 4.69) is 10.0 Å². The molecule has 0 atom stereocenters. The molecular formula is C17H16ClF3N2O3S. The summed E-state index contributed by atoms with van der Waals surface area (Å²) in [5.74, 6) is -0.749. The minimum absolute atomic E-state index is 0.00269. The molecule has 0 aliphatic heterocycles. The number of hydrogen-bond acceptors (Lipinski definition) is 3. The molecule has 2 rings (SSSR count). The van der Waals surface area contributed by atoms with E-state index in [1.165, 1.54) is 12.1 Å². The van der Waals surface area contributed by atoms with E-state index in [0.717, 1.165) is 30.3 Å². The first-order valence-corrected chi connectivity index (χ1v) is 9.57. The third-order valence-corrected chi connectivity index (χ3v) is 5.34. The van der Waals surface area contributed by atoms with Crippen LogP contribution in [0.5, 0.6) is 0 Å². The average Bonchev–Trinajstić information content (AvgIpc) is 2.53. The van der Waals surface area contributed by atoms with Gasteiger partial charge in [-0.3, -0.25) is 4.79 Å². The predicted molar refractivity (Wildman–Crippen MR) is 96.3 cm³/mol. The van der Waals surface area contributed by atoms with Crippen molar-refractivity contribution in [3.63, 3.8) is 0 Å². The van der Waals surface area contributed by atoms with Crippen molar-refractivity contribution in [1.29, 1.82) is 0 Å². The van der Waals surface area contributed by atoms with Crippen LogP contribution in [-0.2, 0) is 16.2 Å². The molecular weight excluding hydrogens is 405 g/mol. The Bertz CT molecular complexity index is 943. The lowest BCUT2D eigenvalue weighted by atomic mass is 10.1. The van der Waals surface area contributed by atoms with Crippen molar-refractivity contribution in [3.05, 3.63) is 58.6 Å². The number of benzene rings is 2. The normalized spacial score (nSPS) is 12.3. The molecule has 10 heteroatoms. The summed E-state index contributed by atoms with van der Waals surface area (Å²) in [5.41, 5.74) is -0.868. The molecule has 2 aromatic carbocycles. The maximum absolute atomic E-state index is 12.6. The Morgan fingerprint density at radius 1 is 1.07 bits per heavy atom. The highest BCUT2D eigenvalue weighted by atomic mass is 35.5. The van der Waals surface area contributed by atoms with Crippen molar-refractivity contribution in [2.75, 3.05) is 5.32 Å². The lowest BCUT2D eigenvalue weighted by Gasteiger charge is -2.12. The molecule has 5 nitrogen and oxygen atoms in total. The standard InChI is InChI=1S/C17H16ClF3N2O3S/c1-10(2)23-27(25,26)13-7-8-15(18)14(9-13)16(24)22-12-5-3-11(4-6-12)17(19,20)21/h3-10,23H,1-2H3,(H,22,24). The number of carbonyl (C=O) groups is 1. The van der Waals surface area contributed by atoms with Gasteiger partial charge in [0.15, 0.2) is 0 Å². The molecule has 0 saturated heterocycles. The molecule has 1 amide bonds. The Hall–Kier alpha value is -2.10. The van der Waals surface area contributed by atoms with Crippen LogP contribution in [0.25, 0.3) is 0 Å². The molecule has 0 aliphatic carbocycles. The zero-order chi connectivity index (χ0) is 20.4. The van der Waals surface area contributed by atoms with E-state index in [-0.39, 0.29) is 27.2 Å². The molecule has 0 aliphatic rings. The molecule has 0 bridgehead atoms. The summed E-state index contributed by atoms with van der Waals surface area (Å²) in [6.45, 7) is 3.29. The Morgan fingerprint density at radius 3 is 2.19 bits per heavy atom. The molecule has 0 unspecified atom stereocenters. The monoisotopic (exact) mass is 420 g/mol. The molecule has 27 heavy (non-hydrogen) atoms. The average molecular weight is 421 g/mol. The van der Waals surface area contributed by atoms with Gasteiger partial charge in [0.25, 0.3) is 5.91 Å². The van der Waals surface area contributed by atoms with Gasteiger partial charge in [0, 0.05) is 11.7 Å². The second kappa shape index (κ2) is 7.87. The molecule has 0 saturated carbocycles. The number of anilines is 1. The van der Waals surface area contributed by atoms with Gasteiger partial charge in [-0.15, -0.1) is 0 Å². The summed E-state index contributed by atoms with van der Waals surface area (Å²) in [5, 5.41) is 2.39. The summed E-state index contributed by atoms with van der Waals surface area (Å²) in [4.78, 5) is 12.2. The summed E-state index contributed by atoms with van der Waals surface area (Å²) in [6, 6.07) is 7.10. The van der Waals surface area contributed by atoms with Crippen molar-refractivity contribution in [2.45, 2.75) is 31.0 Å². The second-order valence-electron chi connectivity index (χ2n) is 5.95. The third kappa shape index (κ3) is 5.44. The zero-order valence-corrected chi connectivity index (χ0v) is 15.8. The van der Waals surface area contributed by atoms with Gasteiger partial charge in [0.05, 0.1) is 21.0 Å². The molecule has 2 N–H and O–H groups in total. The number of sulfonamides is 1. The Morgan fingerprint density at radius 2 is 1.67 bits per heavy atom. The summed E-state index contributed by atoms with van der Waals surface area (Å²) < 4.78 is 64.6. The van der Waals surface area contributed by atoms with E-state index in [1.807, 2.05) is 0 Å². The fraction of sp³-hybridized carbons (Fsp3) is 0.235. The number of amides is 1. The van der Waals surface area contributed by atoms with Crippen LogP contribution in [0, 0.1) is 0 Å². The van der Waals surface area contributed by atoms with E-state index < -0.39 is 27.7 Å². The molecule has 0 fully saturated rings. The SMILES string of the molecule is CC(C)NS(=O)(=O)c1ccc(Cl)c(C(=O)Nc2ccc(C(F)(F)F)cc2)c1. The van der Waals surface area contributed by atoms with Crippen LogP contribution >= 0.6 is 11.6 Å². The van der Waals surface area contributed by atoms with Crippen molar-refractivity contribution in [2.24, 2.45) is 0 Å². The number of hydrogen-bond donors (Lipinski definition) is 2. The highest BCUT2D eigenvalue weighted by molar-refractivity contribution is 7.89. The smallest absolute Gasteiger partial charge is 0.322 e. The lowest BCUT2D eigenvalue weighted by Crippen LogP contribution is -2.30. The molecule has 2 aromatic rings. The van der Waals surface area contributed by atoms with Crippen LogP contribution in [-0.4, -0.2) is 20.4 Å². The van der Waals surface area contributed by atoms with Gasteiger partial charge in [0.2, 0.25) is 10.0 Å². The van der Waals surface area contributed by atoms with E-state index in [1.54, 1.807) is 13.8 Å². The second-order valence-corrected chi connectivity index (χ2v) is 8.07.